The summed E-state index contributed by atoms with van der Waals surface area (Å²) in [6.07, 6.45) is 3.10. The Bertz CT molecular complexity index is 1010. The van der Waals surface area contributed by atoms with E-state index in [4.69, 9.17) is 5.73 Å². The highest BCUT2D eigenvalue weighted by molar-refractivity contribution is 5.93. The molecular weight excluding hydrogens is 363 g/mol. The highest BCUT2D eigenvalue weighted by Gasteiger charge is 2.20. The molecule has 1 aromatic carbocycles. The van der Waals surface area contributed by atoms with Gasteiger partial charge in [-0.25, -0.2) is 4.39 Å². The molecule has 0 atom stereocenters. The number of hydrogen-bond acceptors (Lipinski definition) is 6. The minimum absolute atomic E-state index is 0.0927. The number of nitrogens with two attached hydrogens (primary N) is 1. The second kappa shape index (κ2) is 7.43. The van der Waals surface area contributed by atoms with Gasteiger partial charge in [-0.1, -0.05) is 6.07 Å². The van der Waals surface area contributed by atoms with Crippen LogP contribution in [0.2, 0.25) is 0 Å². The smallest absolute Gasteiger partial charge is 0.248 e. The predicted molar refractivity (Wildman–Crippen MR) is 103 cm³/mol. The van der Waals surface area contributed by atoms with E-state index in [1.54, 1.807) is 10.6 Å². The van der Waals surface area contributed by atoms with Crippen molar-refractivity contribution in [3.63, 3.8) is 0 Å². The van der Waals surface area contributed by atoms with Crippen LogP contribution in [-0.4, -0.2) is 37.8 Å². The van der Waals surface area contributed by atoms with Crippen molar-refractivity contribution >= 4 is 29.0 Å². The van der Waals surface area contributed by atoms with Gasteiger partial charge < -0.3 is 21.5 Å². The number of fused-ring (bicyclic) bond motifs is 1. The number of hydrogen-bond donors (Lipinski definition) is 4. The van der Waals surface area contributed by atoms with Crippen molar-refractivity contribution < 1.29 is 14.3 Å². The first-order valence-electron chi connectivity index (χ1n) is 9.16. The second-order valence-electron chi connectivity index (χ2n) is 6.95. The first kappa shape index (κ1) is 18.2. The van der Waals surface area contributed by atoms with E-state index in [1.165, 1.54) is 12.1 Å². The van der Waals surface area contributed by atoms with Crippen LogP contribution in [0.1, 0.15) is 36.0 Å². The van der Waals surface area contributed by atoms with Crippen LogP contribution in [0.3, 0.4) is 0 Å². The molecule has 0 bridgehead atoms. The fourth-order valence-corrected chi connectivity index (χ4v) is 3.39. The first-order chi connectivity index (χ1) is 13.5. The number of nitrogens with zero attached hydrogens (tertiary/aromatic N) is 3. The number of anilines is 3. The van der Waals surface area contributed by atoms with Crippen LogP contribution in [0.5, 0.6) is 0 Å². The zero-order chi connectivity index (χ0) is 19.7. The van der Waals surface area contributed by atoms with Gasteiger partial charge in [0.15, 0.2) is 5.65 Å². The van der Waals surface area contributed by atoms with Gasteiger partial charge in [-0.3, -0.25) is 4.79 Å². The Kier molecular flexibility index (Phi) is 4.82. The number of pyridine rings is 1. The topological polar surface area (TPSA) is 118 Å². The van der Waals surface area contributed by atoms with Gasteiger partial charge in [-0.05, 0) is 56.0 Å². The number of nitrogens with one attached hydrogen (secondary N) is 2. The summed E-state index contributed by atoms with van der Waals surface area (Å²) in [5.74, 6) is -0.292. The molecule has 2 aromatic heterocycles. The third-order valence-electron chi connectivity index (χ3n) is 4.91. The summed E-state index contributed by atoms with van der Waals surface area (Å²) in [5, 5.41) is 20.4. The number of primary amides is 1. The van der Waals surface area contributed by atoms with Gasteiger partial charge >= 0.3 is 0 Å². The van der Waals surface area contributed by atoms with E-state index < -0.39 is 11.7 Å². The Morgan fingerprint density at radius 1 is 1.21 bits per heavy atom. The van der Waals surface area contributed by atoms with Crippen LogP contribution < -0.4 is 16.4 Å². The molecule has 8 nitrogen and oxygen atoms in total. The van der Waals surface area contributed by atoms with E-state index in [0.717, 1.165) is 37.6 Å². The molecule has 28 heavy (non-hydrogen) atoms. The lowest BCUT2D eigenvalue weighted by molar-refractivity contribution is 0.1000. The maximum absolute atomic E-state index is 14.2. The van der Waals surface area contributed by atoms with Gasteiger partial charge in [-0.2, -0.15) is 9.50 Å². The summed E-state index contributed by atoms with van der Waals surface area (Å²) in [5.41, 5.74) is 6.01. The van der Waals surface area contributed by atoms with Crippen molar-refractivity contribution in [3.05, 3.63) is 47.8 Å². The number of aliphatic hydroxyl groups excluding tert-OH is 1. The van der Waals surface area contributed by atoms with Gasteiger partial charge in [0.1, 0.15) is 11.6 Å². The number of rotatable bonds is 5. The number of amides is 1. The molecule has 1 aliphatic rings. The molecule has 0 radical (unpaired) electrons. The Hall–Kier alpha value is -3.20. The van der Waals surface area contributed by atoms with Crippen LogP contribution in [0.15, 0.2) is 36.4 Å². The number of halogens is 1. The van der Waals surface area contributed by atoms with Crippen molar-refractivity contribution in [2.45, 2.75) is 37.8 Å². The third-order valence-corrected chi connectivity index (χ3v) is 4.91. The Morgan fingerprint density at radius 2 is 2.00 bits per heavy atom. The summed E-state index contributed by atoms with van der Waals surface area (Å²) in [6, 6.07) is 9.77. The van der Waals surface area contributed by atoms with E-state index >= 15 is 0 Å². The molecule has 0 saturated heterocycles. The minimum Gasteiger partial charge on any atom is -0.393 e. The van der Waals surface area contributed by atoms with Gasteiger partial charge in [-0.15, -0.1) is 5.10 Å². The molecule has 0 spiro atoms. The zero-order valence-electron chi connectivity index (χ0n) is 15.1. The van der Waals surface area contributed by atoms with Crippen LogP contribution in [0, 0.1) is 5.82 Å². The van der Waals surface area contributed by atoms with Crippen molar-refractivity contribution in [2.75, 3.05) is 10.6 Å². The molecule has 0 aliphatic heterocycles. The maximum atomic E-state index is 14.2. The molecule has 1 saturated carbocycles. The first-order valence-corrected chi connectivity index (χ1v) is 9.16. The van der Waals surface area contributed by atoms with E-state index in [1.807, 2.05) is 12.1 Å². The summed E-state index contributed by atoms with van der Waals surface area (Å²) < 4.78 is 15.9. The van der Waals surface area contributed by atoms with Gasteiger partial charge in [0, 0.05) is 11.6 Å². The molecule has 4 rings (SSSR count). The minimum atomic E-state index is -0.692. The largest absolute Gasteiger partial charge is 0.393 e. The maximum Gasteiger partial charge on any atom is 0.248 e. The van der Waals surface area contributed by atoms with Crippen molar-refractivity contribution in [2.24, 2.45) is 5.73 Å². The monoisotopic (exact) mass is 384 g/mol. The van der Waals surface area contributed by atoms with E-state index in [9.17, 15) is 14.3 Å². The predicted octanol–water partition coefficient (Wildman–Crippen LogP) is 2.43. The average molecular weight is 384 g/mol. The molecular formula is C19H21FN6O2. The molecule has 1 amide bonds. The second-order valence-corrected chi connectivity index (χ2v) is 6.95. The third kappa shape index (κ3) is 3.74. The fourth-order valence-electron chi connectivity index (χ4n) is 3.39. The van der Waals surface area contributed by atoms with Crippen molar-refractivity contribution in [3.8, 4) is 0 Å². The standard InChI is InChI=1S/C19H21FN6O2/c20-14-10-11(18(21)28)4-9-15(14)23-19-24-17-3-1-2-16(26(17)25-19)22-12-5-7-13(27)8-6-12/h1-4,9-10,12-13,22,27H,5-8H2,(H2,21,28)(H,23,25)/t12-,13+. The Labute approximate surface area is 160 Å². The average Bonchev–Trinajstić information content (AvgIpc) is 3.09. The number of carbonyl (C=O) groups is 1. The molecule has 146 valence electrons. The Morgan fingerprint density at radius 3 is 2.71 bits per heavy atom. The lowest BCUT2D eigenvalue weighted by Crippen LogP contribution is -2.29. The van der Waals surface area contributed by atoms with Crippen molar-refractivity contribution in [1.82, 2.24) is 14.6 Å². The van der Waals surface area contributed by atoms with Gasteiger partial charge in [0.05, 0.1) is 11.8 Å². The zero-order valence-corrected chi connectivity index (χ0v) is 15.1. The lowest BCUT2D eigenvalue weighted by Gasteiger charge is -2.26. The molecule has 5 N–H and O–H groups in total. The molecule has 3 aromatic rings. The van der Waals surface area contributed by atoms with Crippen LogP contribution in [-0.2, 0) is 0 Å². The molecule has 0 unspecified atom stereocenters. The van der Waals surface area contributed by atoms with Crippen LogP contribution >= 0.6 is 0 Å². The highest BCUT2D eigenvalue weighted by Crippen LogP contribution is 2.24. The molecule has 9 heteroatoms. The summed E-state index contributed by atoms with van der Waals surface area (Å²) in [6.45, 7) is 0. The molecule has 1 aliphatic carbocycles. The lowest BCUT2D eigenvalue weighted by atomic mass is 9.93. The Balaban J connectivity index is 1.56. The van der Waals surface area contributed by atoms with E-state index in [2.05, 4.69) is 20.7 Å². The molecule has 1 fully saturated rings. The van der Waals surface area contributed by atoms with Gasteiger partial charge in [0.25, 0.3) is 0 Å². The number of aromatic nitrogens is 3. The number of carbonyl (C=O) groups excluding carboxylic acids is 1. The summed E-state index contributed by atoms with van der Waals surface area (Å²) in [7, 11) is 0. The number of benzene rings is 1. The van der Waals surface area contributed by atoms with E-state index in [-0.39, 0.29) is 29.3 Å². The summed E-state index contributed by atoms with van der Waals surface area (Å²) >= 11 is 0. The normalized spacial score (nSPS) is 19.5. The van der Waals surface area contributed by atoms with Crippen LogP contribution in [0.4, 0.5) is 21.8 Å². The highest BCUT2D eigenvalue weighted by atomic mass is 19.1. The van der Waals surface area contributed by atoms with Gasteiger partial charge in [0.2, 0.25) is 11.9 Å². The fraction of sp³-hybridized carbons (Fsp3) is 0.316. The molecule has 2 heterocycles. The van der Waals surface area contributed by atoms with E-state index in [0.29, 0.717) is 5.65 Å². The van der Waals surface area contributed by atoms with Crippen molar-refractivity contribution in [1.29, 1.82) is 0 Å². The SMILES string of the molecule is NC(=O)c1ccc(Nc2nc3cccc(N[C@H]4CC[C@@H](O)CC4)n3n2)c(F)c1. The summed E-state index contributed by atoms with van der Waals surface area (Å²) in [4.78, 5) is 15.5. The van der Waals surface area contributed by atoms with Crippen LogP contribution in [0.25, 0.3) is 5.65 Å². The quantitative estimate of drug-likeness (QED) is 0.537. The number of aliphatic hydroxyl groups is 1.